The predicted molar refractivity (Wildman–Crippen MR) is 122 cm³/mol. The number of ether oxygens (including phenoxy) is 2. The van der Waals surface area contributed by atoms with Crippen LogP contribution in [0.3, 0.4) is 0 Å². The van der Waals surface area contributed by atoms with Gasteiger partial charge in [-0.2, -0.15) is 0 Å². The van der Waals surface area contributed by atoms with Gasteiger partial charge in [0, 0.05) is 37.2 Å². The van der Waals surface area contributed by atoms with Gasteiger partial charge in [-0.05, 0) is 29.8 Å². The maximum Gasteiger partial charge on any atom is 0.227 e. The summed E-state index contributed by atoms with van der Waals surface area (Å²) in [7, 11) is 0. The summed E-state index contributed by atoms with van der Waals surface area (Å²) in [6, 6.07) is 24.3. The number of benzene rings is 3. The number of hydrogen-bond acceptors (Lipinski definition) is 4. The number of nitrogens with zero attached hydrogens (tertiary/aromatic N) is 3. The van der Waals surface area contributed by atoms with E-state index in [1.165, 1.54) is 5.56 Å². The first-order chi connectivity index (χ1) is 15.8. The number of fused-ring (bicyclic) bond motifs is 2. The van der Waals surface area contributed by atoms with Crippen molar-refractivity contribution in [2.75, 3.05) is 24.7 Å². The highest BCUT2D eigenvalue weighted by Crippen LogP contribution is 2.38. The Kier molecular flexibility index (Phi) is 4.56. The maximum absolute atomic E-state index is 13.0. The van der Waals surface area contributed by atoms with E-state index in [0.29, 0.717) is 31.9 Å². The van der Waals surface area contributed by atoms with Crippen LogP contribution in [0, 0.1) is 0 Å². The molecule has 3 aromatic carbocycles. The third-order valence-corrected chi connectivity index (χ3v) is 6.20. The molecular formula is C26H23N3O3. The fraction of sp³-hybridized carbons (Fsp3) is 0.231. The molecule has 0 spiro atoms. The van der Waals surface area contributed by atoms with Gasteiger partial charge in [0.05, 0.1) is 11.0 Å². The van der Waals surface area contributed by atoms with Crippen molar-refractivity contribution < 1.29 is 14.3 Å². The Hall–Kier alpha value is -3.80. The average Bonchev–Trinajstić information content (AvgIpc) is 3.40. The number of carbonyl (C=O) groups excluding carboxylic acids is 1. The molecule has 1 unspecified atom stereocenters. The van der Waals surface area contributed by atoms with Crippen molar-refractivity contribution in [3.05, 3.63) is 84.2 Å². The molecule has 2 aliphatic heterocycles. The Morgan fingerprint density at radius 3 is 2.56 bits per heavy atom. The molecule has 32 heavy (non-hydrogen) atoms. The summed E-state index contributed by atoms with van der Waals surface area (Å²) >= 11 is 0. The monoisotopic (exact) mass is 425 g/mol. The first kappa shape index (κ1) is 18.9. The summed E-state index contributed by atoms with van der Waals surface area (Å²) in [6.45, 7) is 2.40. The van der Waals surface area contributed by atoms with Gasteiger partial charge in [0.15, 0.2) is 11.5 Å². The quantitative estimate of drug-likeness (QED) is 0.487. The van der Waals surface area contributed by atoms with Crippen molar-refractivity contribution in [1.82, 2.24) is 9.55 Å². The summed E-state index contributed by atoms with van der Waals surface area (Å²) in [6.07, 6.45) is 0.437. The van der Waals surface area contributed by atoms with Crippen molar-refractivity contribution in [1.29, 1.82) is 0 Å². The van der Waals surface area contributed by atoms with E-state index in [0.717, 1.165) is 34.8 Å². The molecule has 1 aromatic heterocycles. The maximum atomic E-state index is 13.0. The topological polar surface area (TPSA) is 56.6 Å². The molecule has 3 heterocycles. The van der Waals surface area contributed by atoms with Gasteiger partial charge < -0.3 is 18.9 Å². The first-order valence-electron chi connectivity index (χ1n) is 11.0. The molecule has 1 amide bonds. The largest absolute Gasteiger partial charge is 0.486 e. The third-order valence-electron chi connectivity index (χ3n) is 6.20. The minimum Gasteiger partial charge on any atom is -0.486 e. The molecular weight excluding hydrogens is 402 g/mol. The van der Waals surface area contributed by atoms with Crippen LogP contribution >= 0.6 is 0 Å². The van der Waals surface area contributed by atoms with E-state index in [-0.39, 0.29) is 11.8 Å². The van der Waals surface area contributed by atoms with E-state index in [1.807, 2.05) is 47.4 Å². The predicted octanol–water partition coefficient (Wildman–Crippen LogP) is 4.38. The summed E-state index contributed by atoms with van der Waals surface area (Å²) < 4.78 is 13.6. The number of rotatable bonds is 4. The molecule has 0 saturated carbocycles. The smallest absolute Gasteiger partial charge is 0.227 e. The Labute approximate surface area is 186 Å². The summed E-state index contributed by atoms with van der Waals surface area (Å²) in [4.78, 5) is 19.8. The Morgan fingerprint density at radius 2 is 1.69 bits per heavy atom. The van der Waals surface area contributed by atoms with Crippen LogP contribution in [-0.2, 0) is 11.3 Å². The van der Waals surface area contributed by atoms with Crippen molar-refractivity contribution in [3.8, 4) is 11.5 Å². The van der Waals surface area contributed by atoms with Crippen LogP contribution in [0.5, 0.6) is 11.5 Å². The highest BCUT2D eigenvalue weighted by atomic mass is 16.6. The third kappa shape index (κ3) is 3.28. The molecule has 2 aliphatic rings. The molecule has 6 heteroatoms. The lowest BCUT2D eigenvalue weighted by Gasteiger charge is -2.22. The molecule has 6 nitrogen and oxygen atoms in total. The number of aromatic nitrogens is 2. The highest BCUT2D eigenvalue weighted by molar-refractivity contribution is 5.97. The second-order valence-electron chi connectivity index (χ2n) is 8.26. The molecule has 1 saturated heterocycles. The van der Waals surface area contributed by atoms with Gasteiger partial charge in [0.1, 0.15) is 19.0 Å². The Morgan fingerprint density at radius 1 is 0.906 bits per heavy atom. The molecule has 0 N–H and O–H groups in total. The normalized spacial score (nSPS) is 17.8. The van der Waals surface area contributed by atoms with Gasteiger partial charge in [0.25, 0.3) is 0 Å². The molecule has 4 aromatic rings. The fourth-order valence-electron chi connectivity index (χ4n) is 4.67. The fourth-order valence-corrected chi connectivity index (χ4v) is 4.67. The lowest BCUT2D eigenvalue weighted by Crippen LogP contribution is -2.25. The van der Waals surface area contributed by atoms with Crippen molar-refractivity contribution in [2.24, 2.45) is 0 Å². The van der Waals surface area contributed by atoms with Crippen LogP contribution in [0.4, 0.5) is 5.69 Å². The standard InChI is InChI=1S/C26H23N3O3/c30-25-14-19(17-28(25)20-10-11-23-24(15-20)32-13-12-31-23)26-27-21-8-4-5-9-22(21)29(26)16-18-6-2-1-3-7-18/h1-11,15,19H,12-14,16-17H2. The average molecular weight is 425 g/mol. The van der Waals surface area contributed by atoms with Crippen LogP contribution in [-0.4, -0.2) is 35.2 Å². The molecule has 0 radical (unpaired) electrons. The van der Waals surface area contributed by atoms with Gasteiger partial charge in [0.2, 0.25) is 5.91 Å². The summed E-state index contributed by atoms with van der Waals surface area (Å²) in [5.41, 5.74) is 4.11. The lowest BCUT2D eigenvalue weighted by molar-refractivity contribution is -0.117. The second-order valence-corrected chi connectivity index (χ2v) is 8.26. The molecule has 0 bridgehead atoms. The number of carbonyl (C=O) groups is 1. The van der Waals surface area contributed by atoms with Crippen molar-refractivity contribution in [2.45, 2.75) is 18.9 Å². The number of para-hydroxylation sites is 2. The van der Waals surface area contributed by atoms with E-state index in [1.54, 1.807) is 0 Å². The Balaban J connectivity index is 1.35. The van der Waals surface area contributed by atoms with Gasteiger partial charge >= 0.3 is 0 Å². The van der Waals surface area contributed by atoms with Gasteiger partial charge in [-0.3, -0.25) is 4.79 Å². The molecule has 1 atom stereocenters. The molecule has 160 valence electrons. The van der Waals surface area contributed by atoms with E-state index in [9.17, 15) is 4.79 Å². The minimum atomic E-state index is 0.0202. The van der Waals surface area contributed by atoms with Crippen LogP contribution in [0.25, 0.3) is 11.0 Å². The van der Waals surface area contributed by atoms with Crippen LogP contribution in [0.2, 0.25) is 0 Å². The number of imidazole rings is 1. The summed E-state index contributed by atoms with van der Waals surface area (Å²) in [5, 5.41) is 0. The van der Waals surface area contributed by atoms with Crippen LogP contribution < -0.4 is 14.4 Å². The van der Waals surface area contributed by atoms with Gasteiger partial charge in [-0.1, -0.05) is 42.5 Å². The van der Waals surface area contributed by atoms with Crippen LogP contribution in [0.15, 0.2) is 72.8 Å². The highest BCUT2D eigenvalue weighted by Gasteiger charge is 2.35. The van der Waals surface area contributed by atoms with Gasteiger partial charge in [-0.25, -0.2) is 4.98 Å². The lowest BCUT2D eigenvalue weighted by atomic mass is 10.1. The zero-order valence-electron chi connectivity index (χ0n) is 17.6. The summed E-state index contributed by atoms with van der Waals surface area (Å²) in [5.74, 6) is 2.51. The first-order valence-corrected chi connectivity index (χ1v) is 11.0. The van der Waals surface area contributed by atoms with E-state index in [4.69, 9.17) is 14.5 Å². The second kappa shape index (κ2) is 7.71. The molecule has 6 rings (SSSR count). The Bertz CT molecular complexity index is 1300. The van der Waals surface area contributed by atoms with E-state index in [2.05, 4.69) is 34.9 Å². The number of hydrogen-bond donors (Lipinski definition) is 0. The van der Waals surface area contributed by atoms with Crippen LogP contribution in [0.1, 0.15) is 23.7 Å². The SMILES string of the molecule is O=C1CC(c2nc3ccccc3n2Cc2ccccc2)CN1c1ccc2c(c1)OCCO2. The number of anilines is 1. The molecule has 1 fully saturated rings. The van der Waals surface area contributed by atoms with Crippen molar-refractivity contribution in [3.63, 3.8) is 0 Å². The van der Waals surface area contributed by atoms with E-state index >= 15 is 0 Å². The van der Waals surface area contributed by atoms with Crippen molar-refractivity contribution >= 4 is 22.6 Å². The van der Waals surface area contributed by atoms with E-state index < -0.39 is 0 Å². The number of amides is 1. The minimum absolute atomic E-state index is 0.0202. The molecule has 0 aliphatic carbocycles. The zero-order chi connectivity index (χ0) is 21.5. The zero-order valence-corrected chi connectivity index (χ0v) is 17.6. The van der Waals surface area contributed by atoms with Gasteiger partial charge in [-0.15, -0.1) is 0 Å².